The molecule has 25 heavy (non-hydrogen) atoms. The summed E-state index contributed by atoms with van der Waals surface area (Å²) >= 11 is 7.71. The van der Waals surface area contributed by atoms with Gasteiger partial charge < -0.3 is 22.0 Å². The molecule has 0 atom stereocenters. The molecule has 0 aliphatic heterocycles. The van der Waals surface area contributed by atoms with E-state index in [1.807, 2.05) is 30.3 Å². The predicted molar refractivity (Wildman–Crippen MR) is 102 cm³/mol. The zero-order valence-electron chi connectivity index (χ0n) is 14.4. The van der Waals surface area contributed by atoms with Gasteiger partial charge in [0.15, 0.2) is 0 Å². The third-order valence-electron chi connectivity index (χ3n) is 4.18. The van der Waals surface area contributed by atoms with Crippen LogP contribution in [0.25, 0.3) is 20.8 Å². The highest BCUT2D eigenvalue weighted by Crippen LogP contribution is 2.32. The van der Waals surface area contributed by atoms with Crippen LogP contribution in [0.3, 0.4) is 0 Å². The highest BCUT2D eigenvalue weighted by Gasteiger charge is 2.07. The first-order valence-electron chi connectivity index (χ1n) is 8.32. The summed E-state index contributed by atoms with van der Waals surface area (Å²) in [4.78, 5) is 6.23. The Morgan fingerprint density at radius 3 is 2.48 bits per heavy atom. The molecule has 0 aliphatic carbocycles. The van der Waals surface area contributed by atoms with Crippen molar-refractivity contribution in [2.45, 2.75) is 13.8 Å². The molecule has 0 saturated carbocycles. The van der Waals surface area contributed by atoms with Crippen LogP contribution < -0.4 is 22.0 Å². The predicted octanol–water partition coefficient (Wildman–Crippen LogP) is 0.924. The minimum atomic E-state index is 0. The van der Waals surface area contributed by atoms with E-state index in [9.17, 15) is 0 Å². The van der Waals surface area contributed by atoms with E-state index in [0.717, 1.165) is 57.8 Å². The molecule has 0 radical (unpaired) electrons. The van der Waals surface area contributed by atoms with Gasteiger partial charge in [0.05, 0.1) is 23.3 Å². The second kappa shape index (κ2) is 9.39. The summed E-state index contributed by atoms with van der Waals surface area (Å²) in [5.74, 6) is 0.912. The van der Waals surface area contributed by atoms with Crippen molar-refractivity contribution in [3.8, 4) is 16.3 Å². The number of thiazole rings is 1. The van der Waals surface area contributed by atoms with Crippen molar-refractivity contribution >= 4 is 33.2 Å². The third-order valence-corrected chi connectivity index (χ3v) is 5.50. The quantitative estimate of drug-likeness (QED) is 0.642. The van der Waals surface area contributed by atoms with E-state index >= 15 is 0 Å². The van der Waals surface area contributed by atoms with E-state index in [2.05, 4.69) is 31.0 Å². The Bertz CT molecular complexity index is 801. The summed E-state index contributed by atoms with van der Waals surface area (Å²) < 4.78 is 7.00. The van der Waals surface area contributed by atoms with Crippen LogP contribution in [0.15, 0.2) is 42.5 Å². The number of ether oxygens (including phenoxy) is 1. The highest BCUT2D eigenvalue weighted by molar-refractivity contribution is 7.21. The van der Waals surface area contributed by atoms with Crippen LogP contribution in [-0.4, -0.2) is 31.2 Å². The lowest BCUT2D eigenvalue weighted by Crippen LogP contribution is -3.12. The monoisotopic (exact) mass is 396 g/mol. The Morgan fingerprint density at radius 1 is 1.08 bits per heavy atom. The lowest BCUT2D eigenvalue weighted by atomic mass is 10.2. The van der Waals surface area contributed by atoms with Crippen LogP contribution in [0.4, 0.5) is 0 Å². The Hall–Kier alpha value is -1.33. The molecule has 3 rings (SSSR count). The first-order valence-corrected chi connectivity index (χ1v) is 9.52. The zero-order chi connectivity index (χ0) is 16.9. The molecule has 134 valence electrons. The number of benzene rings is 2. The third kappa shape index (κ3) is 5.08. The molecule has 3 nitrogen and oxygen atoms in total. The molecular weight excluding hydrogens is 375 g/mol. The van der Waals surface area contributed by atoms with Crippen LogP contribution >= 0.6 is 22.9 Å². The molecule has 0 spiro atoms. The molecule has 0 unspecified atom stereocenters. The van der Waals surface area contributed by atoms with Gasteiger partial charge in [0, 0.05) is 10.6 Å². The van der Waals surface area contributed by atoms with Crippen molar-refractivity contribution in [3.63, 3.8) is 0 Å². The molecule has 3 aromatic rings. The van der Waals surface area contributed by atoms with Gasteiger partial charge in [0.1, 0.15) is 23.9 Å². The van der Waals surface area contributed by atoms with Crippen molar-refractivity contribution in [2.75, 3.05) is 26.2 Å². The van der Waals surface area contributed by atoms with E-state index in [1.54, 1.807) is 16.2 Å². The average Bonchev–Trinajstić information content (AvgIpc) is 3.02. The van der Waals surface area contributed by atoms with Gasteiger partial charge in [-0.25, -0.2) is 4.98 Å². The van der Waals surface area contributed by atoms with E-state index in [0.29, 0.717) is 0 Å². The Balaban J connectivity index is 0.00000225. The lowest BCUT2D eigenvalue weighted by molar-refractivity contribution is -0.896. The second-order valence-corrected chi connectivity index (χ2v) is 7.18. The summed E-state index contributed by atoms with van der Waals surface area (Å²) in [6.45, 7) is 8.47. The van der Waals surface area contributed by atoms with Crippen molar-refractivity contribution in [2.24, 2.45) is 0 Å². The van der Waals surface area contributed by atoms with Crippen LogP contribution in [0.2, 0.25) is 5.02 Å². The van der Waals surface area contributed by atoms with Gasteiger partial charge in [-0.2, -0.15) is 0 Å². The van der Waals surface area contributed by atoms with Crippen molar-refractivity contribution in [1.29, 1.82) is 0 Å². The first-order chi connectivity index (χ1) is 11.7. The summed E-state index contributed by atoms with van der Waals surface area (Å²) in [5.41, 5.74) is 2.05. The molecule has 2 aromatic carbocycles. The molecule has 0 fully saturated rings. The van der Waals surface area contributed by atoms with Gasteiger partial charge in [0.25, 0.3) is 0 Å². The summed E-state index contributed by atoms with van der Waals surface area (Å²) in [7, 11) is 0. The number of hydrogen-bond acceptors (Lipinski definition) is 3. The number of likely N-dealkylation sites (N-methyl/N-ethyl adjacent to an activating group) is 1. The van der Waals surface area contributed by atoms with Gasteiger partial charge in [-0.15, -0.1) is 11.3 Å². The largest absolute Gasteiger partial charge is 1.00 e. The van der Waals surface area contributed by atoms with Gasteiger partial charge >= 0.3 is 0 Å². The van der Waals surface area contributed by atoms with Gasteiger partial charge in [-0.3, -0.25) is 0 Å². The number of hydrogen-bond donors (Lipinski definition) is 1. The zero-order valence-corrected chi connectivity index (χ0v) is 16.7. The topological polar surface area (TPSA) is 26.6 Å². The molecule has 0 amide bonds. The van der Waals surface area contributed by atoms with E-state index in [-0.39, 0.29) is 12.4 Å². The number of fused-ring (bicyclic) bond motifs is 1. The molecule has 1 N–H and O–H groups in total. The Morgan fingerprint density at radius 2 is 1.80 bits per heavy atom. The minimum Gasteiger partial charge on any atom is -1.00 e. The molecule has 6 heteroatoms. The standard InChI is InChI=1S/C19H21ClN2OS.ClH/c1-3-22(4-2)11-12-23-16-8-5-14(6-9-16)19-21-17-13-15(20)7-10-18(17)24-19;/h5-10,13H,3-4,11-12H2,1-2H3;1H. The van der Waals surface area contributed by atoms with Gasteiger partial charge in [0.2, 0.25) is 0 Å². The number of aromatic nitrogens is 1. The first kappa shape index (κ1) is 20.0. The van der Waals surface area contributed by atoms with Crippen molar-refractivity contribution in [3.05, 3.63) is 47.5 Å². The molecule has 0 aliphatic rings. The number of halogens is 2. The number of rotatable bonds is 7. The highest BCUT2D eigenvalue weighted by atomic mass is 35.5. The molecule has 0 saturated heterocycles. The van der Waals surface area contributed by atoms with Gasteiger partial charge in [-0.1, -0.05) is 11.6 Å². The fourth-order valence-electron chi connectivity index (χ4n) is 2.63. The maximum absolute atomic E-state index is 6.03. The summed E-state index contributed by atoms with van der Waals surface area (Å²) in [5, 5.41) is 1.73. The number of quaternary nitrogens is 1. The van der Waals surface area contributed by atoms with Crippen molar-refractivity contribution in [1.82, 2.24) is 4.98 Å². The minimum absolute atomic E-state index is 0. The second-order valence-electron chi connectivity index (χ2n) is 5.71. The molecule has 1 heterocycles. The van der Waals surface area contributed by atoms with Crippen LogP contribution in [0.5, 0.6) is 5.75 Å². The number of nitrogens with zero attached hydrogens (tertiary/aromatic N) is 1. The molecular formula is C19H22Cl2N2OS. The number of nitrogens with one attached hydrogen (secondary N) is 1. The van der Waals surface area contributed by atoms with Crippen LogP contribution in [0.1, 0.15) is 13.8 Å². The smallest absolute Gasteiger partial charge is 0.137 e. The molecule has 0 bridgehead atoms. The van der Waals surface area contributed by atoms with E-state index < -0.39 is 0 Å². The Labute approximate surface area is 164 Å². The van der Waals surface area contributed by atoms with Crippen LogP contribution in [-0.2, 0) is 0 Å². The average molecular weight is 397 g/mol. The SMILES string of the molecule is CC[NH+](CC)CCOc1ccc(-c2nc3cc(Cl)ccc3s2)cc1.[Cl-]. The van der Waals surface area contributed by atoms with E-state index in [1.165, 1.54) is 0 Å². The van der Waals surface area contributed by atoms with Crippen LogP contribution in [0, 0.1) is 0 Å². The van der Waals surface area contributed by atoms with Gasteiger partial charge in [-0.05, 0) is 56.3 Å². The Kier molecular flexibility index (Phi) is 7.51. The maximum Gasteiger partial charge on any atom is 0.137 e. The normalized spacial score (nSPS) is 10.9. The summed E-state index contributed by atoms with van der Waals surface area (Å²) in [6, 6.07) is 14.0. The fourth-order valence-corrected chi connectivity index (χ4v) is 3.75. The fraction of sp³-hybridized carbons (Fsp3) is 0.316. The van der Waals surface area contributed by atoms with E-state index in [4.69, 9.17) is 16.3 Å². The van der Waals surface area contributed by atoms with Crippen molar-refractivity contribution < 1.29 is 22.0 Å². The lowest BCUT2D eigenvalue weighted by Gasteiger charge is -2.15. The summed E-state index contributed by atoms with van der Waals surface area (Å²) in [6.07, 6.45) is 0. The molecule has 1 aromatic heterocycles. The maximum atomic E-state index is 6.03.